The summed E-state index contributed by atoms with van der Waals surface area (Å²) in [6.45, 7) is 4.72. The molecule has 1 amide bonds. The molecule has 332 valence electrons. The Morgan fingerprint density at radius 1 is 1.06 bits per heavy atom. The van der Waals surface area contributed by atoms with Crippen molar-refractivity contribution in [1.82, 2.24) is 25.0 Å². The minimum absolute atomic E-state index is 0.107. The van der Waals surface area contributed by atoms with E-state index in [4.69, 9.17) is 18.7 Å². The summed E-state index contributed by atoms with van der Waals surface area (Å²) < 4.78 is 76.6. The van der Waals surface area contributed by atoms with Crippen molar-refractivity contribution in [2.45, 2.75) is 44.4 Å². The molecule has 0 bridgehead atoms. The predicted molar refractivity (Wildman–Crippen MR) is 235 cm³/mol. The third kappa shape index (κ3) is 12.0. The van der Waals surface area contributed by atoms with Crippen molar-refractivity contribution in [2.24, 2.45) is 0 Å². The number of H-pyrrole nitrogens is 1. The maximum absolute atomic E-state index is 13.4. The van der Waals surface area contributed by atoms with Crippen LogP contribution in [0.1, 0.15) is 35.8 Å². The molecule has 0 spiro atoms. The first-order chi connectivity index (χ1) is 30.2. The standard InChI is InChI=1S/C44H47F3N8O7S/c1-27(53-38-20-30(24-52-43(38)57)42-28(2)54-62-29(42)3)37-22-32(13-15-50-37)61-25-41(56)51-16-17-60-18-19-63(58)33-11-12-36(40(23-33)59-5)49-14-7-8-31-21-34-35(48-4)9-6-10-39(34)55(31)26-44(45,46)47/h6,9-13,15,20-24,27,48-49,53H,14,16-19,25-26H2,1-5H3,(H,51,56)(H,52,57). The number of anilines is 3. The Morgan fingerprint density at radius 2 is 1.89 bits per heavy atom. The molecule has 6 rings (SSSR count). The summed E-state index contributed by atoms with van der Waals surface area (Å²) in [5, 5.41) is 16.7. The van der Waals surface area contributed by atoms with E-state index < -0.39 is 23.5 Å². The van der Waals surface area contributed by atoms with Crippen molar-refractivity contribution in [1.29, 1.82) is 0 Å². The van der Waals surface area contributed by atoms with E-state index >= 15 is 0 Å². The first-order valence-electron chi connectivity index (χ1n) is 19.8. The van der Waals surface area contributed by atoms with E-state index in [1.807, 2.05) is 13.8 Å². The molecule has 0 aliphatic heterocycles. The predicted octanol–water partition coefficient (Wildman–Crippen LogP) is 6.57. The Kier molecular flexibility index (Phi) is 15.1. The quantitative estimate of drug-likeness (QED) is 0.0436. The van der Waals surface area contributed by atoms with Crippen LogP contribution >= 0.6 is 0 Å². The number of methoxy groups -OCH3 is 1. The second-order valence-electron chi connectivity index (χ2n) is 14.2. The highest BCUT2D eigenvalue weighted by Crippen LogP contribution is 2.31. The number of halogens is 3. The van der Waals surface area contributed by atoms with Crippen LogP contribution in [0.5, 0.6) is 11.5 Å². The average molecular weight is 889 g/mol. The summed E-state index contributed by atoms with van der Waals surface area (Å²) >= 11 is 0. The van der Waals surface area contributed by atoms with Crippen LogP contribution in [-0.2, 0) is 26.9 Å². The molecule has 0 saturated heterocycles. The van der Waals surface area contributed by atoms with Gasteiger partial charge in [0.1, 0.15) is 29.5 Å². The van der Waals surface area contributed by atoms with Gasteiger partial charge >= 0.3 is 6.18 Å². The van der Waals surface area contributed by atoms with Crippen molar-refractivity contribution in [2.75, 3.05) is 68.8 Å². The van der Waals surface area contributed by atoms with E-state index in [0.29, 0.717) is 61.5 Å². The van der Waals surface area contributed by atoms with Gasteiger partial charge in [0.25, 0.3) is 11.5 Å². The van der Waals surface area contributed by atoms with Gasteiger partial charge in [0.15, 0.2) is 6.61 Å². The largest absolute Gasteiger partial charge is 0.495 e. The zero-order chi connectivity index (χ0) is 45.1. The number of carbonyl (C=O) groups is 1. The molecule has 15 nitrogen and oxygen atoms in total. The lowest BCUT2D eigenvalue weighted by Gasteiger charge is -2.16. The minimum atomic E-state index is -4.43. The number of aryl methyl sites for hydroxylation is 2. The molecule has 19 heteroatoms. The van der Waals surface area contributed by atoms with Crippen LogP contribution < -0.4 is 36.3 Å². The van der Waals surface area contributed by atoms with E-state index in [-0.39, 0.29) is 61.9 Å². The van der Waals surface area contributed by atoms with Crippen molar-refractivity contribution in [3.05, 3.63) is 106 Å². The number of nitrogens with zero attached hydrogens (tertiary/aromatic N) is 3. The lowest BCUT2D eigenvalue weighted by molar-refractivity contribution is -0.140. The van der Waals surface area contributed by atoms with E-state index in [2.05, 4.69) is 48.2 Å². The van der Waals surface area contributed by atoms with Crippen molar-refractivity contribution in [3.8, 4) is 34.5 Å². The summed E-state index contributed by atoms with van der Waals surface area (Å²) in [6.07, 6.45) is -1.27. The van der Waals surface area contributed by atoms with Crippen LogP contribution in [-0.4, -0.2) is 88.8 Å². The Balaban J connectivity index is 0.913. The number of pyridine rings is 2. The molecule has 6 aromatic rings. The van der Waals surface area contributed by atoms with E-state index in [0.717, 1.165) is 15.7 Å². The van der Waals surface area contributed by atoms with Crippen LogP contribution in [0.25, 0.3) is 22.0 Å². The number of ether oxygens (including phenoxy) is 3. The highest BCUT2D eigenvalue weighted by atomic mass is 32.2. The maximum Gasteiger partial charge on any atom is 0.406 e. The first kappa shape index (κ1) is 45.7. The van der Waals surface area contributed by atoms with Crippen LogP contribution in [0.4, 0.5) is 30.2 Å². The normalized spacial score (nSPS) is 12.3. The Morgan fingerprint density at radius 3 is 2.63 bits per heavy atom. The van der Waals surface area contributed by atoms with Crippen LogP contribution in [0, 0.1) is 25.7 Å². The van der Waals surface area contributed by atoms with E-state index in [9.17, 15) is 27.0 Å². The number of rotatable bonds is 19. The van der Waals surface area contributed by atoms with E-state index in [1.165, 1.54) is 7.11 Å². The highest BCUT2D eigenvalue weighted by Gasteiger charge is 2.30. The summed E-state index contributed by atoms with van der Waals surface area (Å²) in [4.78, 5) is 32.7. The number of aromatic nitrogens is 4. The van der Waals surface area contributed by atoms with Gasteiger partial charge in [-0.05, 0) is 75.2 Å². The molecular formula is C44H47F3N8O7S. The van der Waals surface area contributed by atoms with Crippen molar-refractivity contribution in [3.63, 3.8) is 0 Å². The molecule has 0 saturated carbocycles. The second-order valence-corrected chi connectivity index (χ2v) is 15.7. The Labute approximate surface area is 363 Å². The minimum Gasteiger partial charge on any atom is -0.495 e. The van der Waals surface area contributed by atoms with Crippen molar-refractivity contribution >= 4 is 44.7 Å². The summed E-state index contributed by atoms with van der Waals surface area (Å²) in [6, 6.07) is 16.4. The smallest absolute Gasteiger partial charge is 0.406 e. The van der Waals surface area contributed by atoms with Crippen LogP contribution in [0.2, 0.25) is 0 Å². The fourth-order valence-electron chi connectivity index (χ4n) is 6.70. The molecule has 5 N–H and O–H groups in total. The molecular weight excluding hydrogens is 842 g/mol. The Hall–Kier alpha value is -6.78. The van der Waals surface area contributed by atoms with Crippen molar-refractivity contribution < 1.29 is 40.9 Å². The summed E-state index contributed by atoms with van der Waals surface area (Å²) in [7, 11) is 1.75. The lowest BCUT2D eigenvalue weighted by atomic mass is 10.1. The van der Waals surface area contributed by atoms with Gasteiger partial charge in [-0.15, -0.1) is 0 Å². The topological polar surface area (TPSA) is 187 Å². The molecule has 0 aliphatic rings. The molecule has 4 aromatic heterocycles. The third-order valence-electron chi connectivity index (χ3n) is 9.72. The maximum atomic E-state index is 13.4. The number of nitrogens with one attached hydrogen (secondary N) is 5. The molecule has 2 aromatic carbocycles. The molecule has 0 aliphatic carbocycles. The molecule has 0 radical (unpaired) electrons. The number of fused-ring (bicyclic) bond motifs is 1. The van der Waals surface area contributed by atoms with Gasteiger partial charge in [-0.1, -0.05) is 17.1 Å². The number of hydrogen-bond donors (Lipinski definition) is 5. The molecule has 0 fully saturated rings. The van der Waals surface area contributed by atoms with Crippen LogP contribution in [0.15, 0.2) is 87.3 Å². The number of amides is 1. The van der Waals surface area contributed by atoms with Gasteiger partial charge < -0.3 is 49.6 Å². The van der Waals surface area contributed by atoms with Gasteiger partial charge in [0.2, 0.25) is 0 Å². The molecule has 4 heterocycles. The number of alkyl halides is 3. The molecule has 63 heavy (non-hydrogen) atoms. The second kappa shape index (κ2) is 20.9. The molecule has 2 atom stereocenters. The van der Waals surface area contributed by atoms with Gasteiger partial charge in [-0.25, -0.2) is 0 Å². The fraction of sp³-hybridized carbons (Fsp3) is 0.318. The molecule has 2 unspecified atom stereocenters. The summed E-state index contributed by atoms with van der Waals surface area (Å²) in [5.41, 5.74) is 4.79. The van der Waals surface area contributed by atoms with E-state index in [1.54, 1.807) is 87.0 Å². The van der Waals surface area contributed by atoms with Gasteiger partial charge in [0, 0.05) is 59.1 Å². The Bertz CT molecular complexity index is 2680. The fourth-order valence-corrected chi connectivity index (χ4v) is 7.66. The van der Waals surface area contributed by atoms with Crippen LogP contribution in [0.3, 0.4) is 0 Å². The van der Waals surface area contributed by atoms with Gasteiger partial charge in [0.05, 0.1) is 77.7 Å². The first-order valence-corrected chi connectivity index (χ1v) is 21.1. The van der Waals surface area contributed by atoms with Gasteiger partial charge in [-0.2, -0.15) is 13.2 Å². The highest BCUT2D eigenvalue weighted by molar-refractivity contribution is 7.85. The van der Waals surface area contributed by atoms with Gasteiger partial charge in [-0.3, -0.25) is 18.8 Å². The number of benzene rings is 2. The number of carbonyl (C=O) groups excluding carboxylic acids is 1. The monoisotopic (exact) mass is 888 g/mol. The zero-order valence-corrected chi connectivity index (χ0v) is 36.0. The zero-order valence-electron chi connectivity index (χ0n) is 35.2. The SMILES string of the molecule is CNc1cccc2c1cc(C#CCNc1ccc(S(=O)CCOCCNC(=O)COc3ccnc(C(C)Nc4cc(-c5c(C)noc5C)c[nH]c4=O)c3)cc1OC)n2CC(F)(F)F. The number of aromatic amines is 1. The third-order valence-corrected chi connectivity index (χ3v) is 11.0. The number of hydrogen-bond acceptors (Lipinski definition) is 12. The lowest BCUT2D eigenvalue weighted by Crippen LogP contribution is -2.32. The summed E-state index contributed by atoms with van der Waals surface area (Å²) in [5.74, 6) is 7.06. The average Bonchev–Trinajstić information content (AvgIpc) is 3.79.